The summed E-state index contributed by atoms with van der Waals surface area (Å²) in [6.07, 6.45) is 0. The van der Waals surface area contributed by atoms with Gasteiger partial charge in [0, 0.05) is 18.5 Å². The summed E-state index contributed by atoms with van der Waals surface area (Å²) in [5, 5.41) is 5.11. The maximum atomic E-state index is 10.8. The van der Waals surface area contributed by atoms with Crippen molar-refractivity contribution in [2.45, 2.75) is 12.3 Å². The number of urea groups is 2. The minimum absolute atomic E-state index is 0.312. The van der Waals surface area contributed by atoms with E-state index in [1.807, 2.05) is 37.3 Å². The first kappa shape index (κ1) is 13.8. The molecule has 6 heteroatoms. The third kappa shape index (κ3) is 3.97. The Balaban J connectivity index is 2.86. The maximum absolute atomic E-state index is 10.8. The van der Waals surface area contributed by atoms with Crippen LogP contribution in [0.1, 0.15) is 12.5 Å². The fourth-order valence-corrected chi connectivity index (χ4v) is 1.67. The fraction of sp³-hybridized carbons (Fsp3) is 0.333. The number of nitrogens with one attached hydrogen (secondary N) is 2. The number of carbonyl (C=O) groups excluding carboxylic acids is 2. The van der Waals surface area contributed by atoms with Crippen LogP contribution in [0.25, 0.3) is 0 Å². The van der Waals surface area contributed by atoms with Crippen LogP contribution < -0.4 is 22.1 Å². The molecule has 0 heterocycles. The quantitative estimate of drug-likeness (QED) is 0.602. The lowest BCUT2D eigenvalue weighted by Crippen LogP contribution is -2.48. The van der Waals surface area contributed by atoms with Crippen LogP contribution in [-0.2, 0) is 5.41 Å². The monoisotopic (exact) mass is 250 g/mol. The van der Waals surface area contributed by atoms with Crippen LogP contribution in [0.4, 0.5) is 9.59 Å². The molecule has 6 nitrogen and oxygen atoms in total. The van der Waals surface area contributed by atoms with E-state index >= 15 is 0 Å². The summed E-state index contributed by atoms with van der Waals surface area (Å²) >= 11 is 0. The third-order valence-electron chi connectivity index (χ3n) is 2.78. The van der Waals surface area contributed by atoms with Crippen molar-refractivity contribution in [3.63, 3.8) is 0 Å². The minimum Gasteiger partial charge on any atom is -0.352 e. The predicted octanol–water partition coefficient (Wildman–Crippen LogP) is 0.281. The molecule has 18 heavy (non-hydrogen) atoms. The Kier molecular flexibility index (Phi) is 4.53. The second kappa shape index (κ2) is 5.90. The first-order valence-electron chi connectivity index (χ1n) is 5.56. The summed E-state index contributed by atoms with van der Waals surface area (Å²) in [6, 6.07) is 8.32. The van der Waals surface area contributed by atoms with Gasteiger partial charge in [-0.15, -0.1) is 0 Å². The van der Waals surface area contributed by atoms with E-state index in [-0.39, 0.29) is 0 Å². The molecule has 0 fully saturated rings. The molecule has 4 amide bonds. The van der Waals surface area contributed by atoms with Crippen molar-refractivity contribution in [3.05, 3.63) is 35.9 Å². The zero-order valence-electron chi connectivity index (χ0n) is 10.3. The molecule has 1 aromatic carbocycles. The van der Waals surface area contributed by atoms with Crippen LogP contribution in [-0.4, -0.2) is 25.2 Å². The van der Waals surface area contributed by atoms with Crippen molar-refractivity contribution in [1.82, 2.24) is 10.6 Å². The molecular formula is C12H18N4O2. The number of nitrogens with two attached hydrogens (primary N) is 2. The summed E-state index contributed by atoms with van der Waals surface area (Å²) < 4.78 is 0. The van der Waals surface area contributed by atoms with Crippen LogP contribution in [0.2, 0.25) is 0 Å². The largest absolute Gasteiger partial charge is 0.352 e. The Morgan fingerprint density at radius 2 is 1.50 bits per heavy atom. The van der Waals surface area contributed by atoms with Gasteiger partial charge in [-0.3, -0.25) is 0 Å². The highest BCUT2D eigenvalue weighted by atomic mass is 16.2. The number of amides is 4. The second-order valence-electron chi connectivity index (χ2n) is 4.36. The molecule has 0 unspecified atom stereocenters. The van der Waals surface area contributed by atoms with Gasteiger partial charge < -0.3 is 22.1 Å². The van der Waals surface area contributed by atoms with E-state index in [2.05, 4.69) is 10.6 Å². The van der Waals surface area contributed by atoms with Gasteiger partial charge in [-0.2, -0.15) is 0 Å². The number of hydrogen-bond donors (Lipinski definition) is 4. The van der Waals surface area contributed by atoms with Crippen molar-refractivity contribution < 1.29 is 9.59 Å². The molecular weight excluding hydrogens is 232 g/mol. The molecule has 0 aromatic heterocycles. The molecule has 0 aliphatic heterocycles. The van der Waals surface area contributed by atoms with Gasteiger partial charge in [0.1, 0.15) is 0 Å². The van der Waals surface area contributed by atoms with Gasteiger partial charge in [-0.25, -0.2) is 9.59 Å². The van der Waals surface area contributed by atoms with Crippen LogP contribution >= 0.6 is 0 Å². The lowest BCUT2D eigenvalue weighted by atomic mass is 9.82. The zero-order valence-corrected chi connectivity index (χ0v) is 10.3. The van der Waals surface area contributed by atoms with Crippen molar-refractivity contribution >= 4 is 12.1 Å². The molecule has 0 spiro atoms. The normalized spacial score (nSPS) is 10.7. The highest BCUT2D eigenvalue weighted by molar-refractivity contribution is 5.72. The Hall–Kier alpha value is -2.24. The van der Waals surface area contributed by atoms with E-state index in [9.17, 15) is 9.59 Å². The molecule has 0 bridgehead atoms. The van der Waals surface area contributed by atoms with Crippen molar-refractivity contribution in [3.8, 4) is 0 Å². The van der Waals surface area contributed by atoms with Crippen molar-refractivity contribution in [1.29, 1.82) is 0 Å². The maximum Gasteiger partial charge on any atom is 0.312 e. The SMILES string of the molecule is CC(CNC(N)=O)(CNC(N)=O)c1ccccc1. The minimum atomic E-state index is -0.601. The highest BCUT2D eigenvalue weighted by Gasteiger charge is 2.27. The zero-order chi connectivity index (χ0) is 13.6. The summed E-state index contributed by atoms with van der Waals surface area (Å²) in [4.78, 5) is 21.6. The van der Waals surface area contributed by atoms with Crippen LogP contribution in [0.3, 0.4) is 0 Å². The predicted molar refractivity (Wildman–Crippen MR) is 69.0 cm³/mol. The average Bonchev–Trinajstić information content (AvgIpc) is 2.35. The molecule has 0 radical (unpaired) electrons. The second-order valence-corrected chi connectivity index (χ2v) is 4.36. The van der Waals surface area contributed by atoms with E-state index in [0.717, 1.165) is 5.56 Å². The number of primary amides is 2. The number of hydrogen-bond acceptors (Lipinski definition) is 2. The van der Waals surface area contributed by atoms with Gasteiger partial charge in [-0.05, 0) is 5.56 Å². The summed E-state index contributed by atoms with van der Waals surface area (Å²) in [5.41, 5.74) is 10.7. The Bertz CT molecular complexity index is 401. The van der Waals surface area contributed by atoms with E-state index in [1.165, 1.54) is 0 Å². The summed E-state index contributed by atoms with van der Waals surface area (Å²) in [7, 11) is 0. The lowest BCUT2D eigenvalue weighted by molar-refractivity contribution is 0.242. The topological polar surface area (TPSA) is 110 Å². The lowest BCUT2D eigenvalue weighted by Gasteiger charge is -2.30. The fourth-order valence-electron chi connectivity index (χ4n) is 1.67. The highest BCUT2D eigenvalue weighted by Crippen LogP contribution is 2.22. The molecule has 1 rings (SSSR count). The molecule has 6 N–H and O–H groups in total. The molecule has 0 aliphatic carbocycles. The molecule has 1 aromatic rings. The Morgan fingerprint density at radius 3 is 1.89 bits per heavy atom. The van der Waals surface area contributed by atoms with Gasteiger partial charge in [0.05, 0.1) is 0 Å². The Labute approximate surface area is 106 Å². The van der Waals surface area contributed by atoms with E-state index in [0.29, 0.717) is 13.1 Å². The molecule has 0 atom stereocenters. The smallest absolute Gasteiger partial charge is 0.312 e. The van der Waals surface area contributed by atoms with Crippen LogP contribution in [0, 0.1) is 0 Å². The number of carbonyl (C=O) groups is 2. The van der Waals surface area contributed by atoms with Gasteiger partial charge in [0.25, 0.3) is 0 Å². The molecule has 0 saturated carbocycles. The van der Waals surface area contributed by atoms with Gasteiger partial charge in [0.2, 0.25) is 0 Å². The van der Waals surface area contributed by atoms with E-state index in [4.69, 9.17) is 11.5 Å². The van der Waals surface area contributed by atoms with Crippen LogP contribution in [0.15, 0.2) is 30.3 Å². The molecule has 98 valence electrons. The van der Waals surface area contributed by atoms with Gasteiger partial charge in [-0.1, -0.05) is 37.3 Å². The number of rotatable bonds is 5. The molecule has 0 saturated heterocycles. The van der Waals surface area contributed by atoms with E-state index in [1.54, 1.807) is 0 Å². The van der Waals surface area contributed by atoms with Crippen molar-refractivity contribution in [2.75, 3.05) is 13.1 Å². The number of benzene rings is 1. The van der Waals surface area contributed by atoms with Crippen LogP contribution in [0.5, 0.6) is 0 Å². The average molecular weight is 250 g/mol. The first-order valence-corrected chi connectivity index (χ1v) is 5.56. The summed E-state index contributed by atoms with van der Waals surface area (Å²) in [5.74, 6) is 0. The Morgan fingerprint density at radius 1 is 1.06 bits per heavy atom. The molecule has 0 aliphatic rings. The first-order chi connectivity index (χ1) is 8.44. The van der Waals surface area contributed by atoms with Gasteiger partial charge >= 0.3 is 12.1 Å². The van der Waals surface area contributed by atoms with Crippen molar-refractivity contribution in [2.24, 2.45) is 11.5 Å². The summed E-state index contributed by atoms with van der Waals surface area (Å²) in [6.45, 7) is 2.54. The standard InChI is InChI=1S/C12H18N4O2/c1-12(7-15-10(13)17,8-16-11(14)18)9-5-3-2-4-6-9/h2-6H,7-8H2,1H3,(H3,13,15,17)(H3,14,16,18). The third-order valence-corrected chi connectivity index (χ3v) is 2.78. The van der Waals surface area contributed by atoms with E-state index < -0.39 is 17.5 Å². The van der Waals surface area contributed by atoms with Gasteiger partial charge in [0.15, 0.2) is 0 Å².